The molecule has 1 aromatic heterocycles. The average molecular weight is 418 g/mol. The summed E-state index contributed by atoms with van der Waals surface area (Å²) in [7, 11) is 0. The number of anilines is 1. The molecular weight excluding hydrogens is 408 g/mol. The number of rotatable bonds is 4. The van der Waals surface area contributed by atoms with E-state index < -0.39 is 11.9 Å². The first-order chi connectivity index (χ1) is 9.92. The number of amides is 1. The first kappa shape index (κ1) is 15.6. The normalized spacial score (nSPS) is 10.4. The molecule has 0 saturated heterocycles. The maximum absolute atomic E-state index is 12.1. The number of hydrogen-bond donors (Lipinski definition) is 3. The summed E-state index contributed by atoms with van der Waals surface area (Å²) in [5.74, 6) is -1.21. The minimum absolute atomic E-state index is 0.0435. The Kier molecular flexibility index (Phi) is 4.73. The van der Waals surface area contributed by atoms with Crippen LogP contribution in [-0.4, -0.2) is 32.2 Å². The lowest BCUT2D eigenvalue weighted by Gasteiger charge is -2.10. The Hall–Kier alpha value is -1.74. The van der Waals surface area contributed by atoms with Crippen molar-refractivity contribution < 1.29 is 14.7 Å². The SMILES string of the molecule is CCc1nc(C(=O)Nc2c(Br)cc(Br)cc2C(=O)O)n[nH]1. The van der Waals surface area contributed by atoms with Crippen molar-refractivity contribution in [3.8, 4) is 0 Å². The minimum atomic E-state index is -1.16. The molecule has 1 aromatic carbocycles. The molecule has 2 aromatic rings. The van der Waals surface area contributed by atoms with Gasteiger partial charge >= 0.3 is 5.97 Å². The molecule has 0 aliphatic rings. The fraction of sp³-hybridized carbons (Fsp3) is 0.167. The van der Waals surface area contributed by atoms with Gasteiger partial charge in [-0.25, -0.2) is 9.78 Å². The second-order valence-corrected chi connectivity index (χ2v) is 5.80. The molecule has 0 atom stereocenters. The summed E-state index contributed by atoms with van der Waals surface area (Å²) in [6, 6.07) is 3.04. The van der Waals surface area contributed by atoms with E-state index in [0.29, 0.717) is 21.2 Å². The molecule has 0 fully saturated rings. The molecule has 0 radical (unpaired) electrons. The maximum atomic E-state index is 12.1. The predicted molar refractivity (Wildman–Crippen MR) is 82.5 cm³/mol. The van der Waals surface area contributed by atoms with Crippen molar-refractivity contribution in [1.29, 1.82) is 0 Å². The number of halogens is 2. The van der Waals surface area contributed by atoms with Crippen molar-refractivity contribution in [2.24, 2.45) is 0 Å². The summed E-state index contributed by atoms with van der Waals surface area (Å²) >= 11 is 6.43. The van der Waals surface area contributed by atoms with Crippen LogP contribution in [0.15, 0.2) is 21.1 Å². The van der Waals surface area contributed by atoms with Crippen molar-refractivity contribution in [2.45, 2.75) is 13.3 Å². The number of nitrogens with one attached hydrogen (secondary N) is 2. The van der Waals surface area contributed by atoms with Crippen LogP contribution in [0.4, 0.5) is 5.69 Å². The van der Waals surface area contributed by atoms with Crippen LogP contribution in [0.3, 0.4) is 0 Å². The third-order valence-electron chi connectivity index (χ3n) is 2.59. The molecule has 1 heterocycles. The highest BCUT2D eigenvalue weighted by molar-refractivity contribution is 9.11. The van der Waals surface area contributed by atoms with Gasteiger partial charge in [0.25, 0.3) is 5.91 Å². The summed E-state index contributed by atoms with van der Waals surface area (Å²) in [5.41, 5.74) is 0.106. The third kappa shape index (κ3) is 3.48. The van der Waals surface area contributed by atoms with E-state index in [2.05, 4.69) is 52.4 Å². The molecule has 7 nitrogen and oxygen atoms in total. The largest absolute Gasteiger partial charge is 0.478 e. The second kappa shape index (κ2) is 6.35. The highest BCUT2D eigenvalue weighted by atomic mass is 79.9. The van der Waals surface area contributed by atoms with Crippen LogP contribution in [0.25, 0.3) is 0 Å². The number of aromatic carboxylic acids is 1. The Morgan fingerprint density at radius 2 is 2.10 bits per heavy atom. The number of carbonyl (C=O) groups is 2. The number of aromatic nitrogens is 3. The van der Waals surface area contributed by atoms with Crippen molar-refractivity contribution in [1.82, 2.24) is 15.2 Å². The predicted octanol–water partition coefficient (Wildman–Crippen LogP) is 2.84. The van der Waals surface area contributed by atoms with Crippen LogP contribution in [0.2, 0.25) is 0 Å². The quantitative estimate of drug-likeness (QED) is 0.708. The molecule has 0 aliphatic carbocycles. The van der Waals surface area contributed by atoms with Crippen molar-refractivity contribution in [3.05, 3.63) is 38.3 Å². The number of hydrogen-bond acceptors (Lipinski definition) is 4. The van der Waals surface area contributed by atoms with Crippen molar-refractivity contribution in [3.63, 3.8) is 0 Å². The van der Waals surface area contributed by atoms with Gasteiger partial charge in [0.05, 0.1) is 11.3 Å². The van der Waals surface area contributed by atoms with Crippen molar-refractivity contribution >= 4 is 49.4 Å². The van der Waals surface area contributed by atoms with Gasteiger partial charge in [-0.05, 0) is 28.1 Å². The van der Waals surface area contributed by atoms with Gasteiger partial charge in [-0.15, -0.1) is 5.10 Å². The molecule has 2 rings (SSSR count). The van der Waals surface area contributed by atoms with Crippen LogP contribution < -0.4 is 5.32 Å². The van der Waals surface area contributed by atoms with E-state index in [-0.39, 0.29) is 17.1 Å². The van der Waals surface area contributed by atoms with Crippen LogP contribution in [-0.2, 0) is 6.42 Å². The van der Waals surface area contributed by atoms with E-state index in [0.717, 1.165) is 0 Å². The number of carboxylic acid groups (broad SMARTS) is 1. The molecule has 9 heteroatoms. The van der Waals surface area contributed by atoms with Crippen LogP contribution >= 0.6 is 31.9 Å². The number of carbonyl (C=O) groups excluding carboxylic acids is 1. The van der Waals surface area contributed by atoms with Crippen LogP contribution in [0, 0.1) is 0 Å². The van der Waals surface area contributed by atoms with E-state index in [1.807, 2.05) is 6.92 Å². The summed E-state index contributed by atoms with van der Waals surface area (Å²) in [4.78, 5) is 27.3. The van der Waals surface area contributed by atoms with Crippen molar-refractivity contribution in [2.75, 3.05) is 5.32 Å². The number of aromatic amines is 1. The van der Waals surface area contributed by atoms with E-state index >= 15 is 0 Å². The van der Waals surface area contributed by atoms with E-state index in [4.69, 9.17) is 0 Å². The molecule has 110 valence electrons. The molecule has 0 spiro atoms. The lowest BCUT2D eigenvalue weighted by atomic mass is 10.2. The van der Waals surface area contributed by atoms with Crippen LogP contribution in [0.5, 0.6) is 0 Å². The van der Waals surface area contributed by atoms with Gasteiger partial charge in [0, 0.05) is 15.4 Å². The molecule has 21 heavy (non-hydrogen) atoms. The topological polar surface area (TPSA) is 108 Å². The molecule has 1 amide bonds. The molecule has 3 N–H and O–H groups in total. The Morgan fingerprint density at radius 1 is 1.38 bits per heavy atom. The number of aryl methyl sites for hydroxylation is 1. The number of nitrogens with zero attached hydrogens (tertiary/aromatic N) is 2. The lowest BCUT2D eigenvalue weighted by molar-refractivity contribution is 0.0698. The number of carboxylic acids is 1. The lowest BCUT2D eigenvalue weighted by Crippen LogP contribution is -2.17. The Bertz CT molecular complexity index is 715. The van der Waals surface area contributed by atoms with E-state index in [9.17, 15) is 14.7 Å². The van der Waals surface area contributed by atoms with E-state index in [1.165, 1.54) is 6.07 Å². The van der Waals surface area contributed by atoms with Gasteiger partial charge < -0.3 is 10.4 Å². The first-order valence-electron chi connectivity index (χ1n) is 5.87. The zero-order valence-corrected chi connectivity index (χ0v) is 13.9. The summed E-state index contributed by atoms with van der Waals surface area (Å²) in [5, 5.41) is 18.1. The van der Waals surface area contributed by atoms with Gasteiger partial charge in [-0.3, -0.25) is 9.89 Å². The van der Waals surface area contributed by atoms with E-state index in [1.54, 1.807) is 6.07 Å². The van der Waals surface area contributed by atoms with Gasteiger partial charge in [-0.1, -0.05) is 22.9 Å². The fourth-order valence-electron chi connectivity index (χ4n) is 1.59. The molecule has 0 aliphatic heterocycles. The zero-order valence-electron chi connectivity index (χ0n) is 10.8. The highest BCUT2D eigenvalue weighted by Gasteiger charge is 2.19. The third-order valence-corrected chi connectivity index (χ3v) is 3.68. The molecule has 0 bridgehead atoms. The Labute approximate surface area is 136 Å². The van der Waals surface area contributed by atoms with Gasteiger partial charge in [0.2, 0.25) is 5.82 Å². The second-order valence-electron chi connectivity index (χ2n) is 4.03. The first-order valence-corrected chi connectivity index (χ1v) is 7.46. The highest BCUT2D eigenvalue weighted by Crippen LogP contribution is 2.31. The smallest absolute Gasteiger partial charge is 0.337 e. The summed E-state index contributed by atoms with van der Waals surface area (Å²) in [6.07, 6.45) is 0.614. The maximum Gasteiger partial charge on any atom is 0.337 e. The minimum Gasteiger partial charge on any atom is -0.478 e. The fourth-order valence-corrected chi connectivity index (χ4v) is 2.92. The average Bonchev–Trinajstić information content (AvgIpc) is 2.90. The Morgan fingerprint density at radius 3 is 2.67 bits per heavy atom. The molecular formula is C12H10Br2N4O3. The van der Waals surface area contributed by atoms with Gasteiger partial charge in [0.1, 0.15) is 5.82 Å². The van der Waals surface area contributed by atoms with Gasteiger partial charge in [0.15, 0.2) is 0 Å². The molecule has 0 unspecified atom stereocenters. The number of H-pyrrole nitrogens is 1. The zero-order chi connectivity index (χ0) is 15.6. The Balaban J connectivity index is 2.34. The summed E-state index contributed by atoms with van der Waals surface area (Å²) in [6.45, 7) is 1.87. The monoisotopic (exact) mass is 416 g/mol. The van der Waals surface area contributed by atoms with Gasteiger partial charge in [-0.2, -0.15) is 0 Å². The summed E-state index contributed by atoms with van der Waals surface area (Å²) < 4.78 is 1.02. The standard InChI is InChI=1S/C12H10Br2N4O3/c1-2-8-15-10(18-17-8)11(19)16-9-6(12(20)21)3-5(13)4-7(9)14/h3-4H,2H2,1H3,(H,16,19)(H,20,21)(H,15,17,18). The number of benzene rings is 1. The van der Waals surface area contributed by atoms with Crippen LogP contribution in [0.1, 0.15) is 33.7 Å². The molecule has 0 saturated carbocycles.